The largest absolute Gasteiger partial charge is 0.310 e. The molecule has 0 saturated carbocycles. The molecule has 0 bridgehead atoms. The van der Waals surface area contributed by atoms with Gasteiger partial charge in [-0.2, -0.15) is 0 Å². The summed E-state index contributed by atoms with van der Waals surface area (Å²) in [5.74, 6) is 0. The number of aryl methyl sites for hydroxylation is 3. The van der Waals surface area contributed by atoms with E-state index in [2.05, 4.69) is 41.1 Å². The van der Waals surface area contributed by atoms with Crippen LogP contribution in [0.4, 0.5) is 0 Å². The van der Waals surface area contributed by atoms with Crippen LogP contribution in [0.2, 0.25) is 0 Å². The molecule has 1 atom stereocenters. The van der Waals surface area contributed by atoms with E-state index in [1.807, 2.05) is 12.1 Å². The van der Waals surface area contributed by atoms with Crippen molar-refractivity contribution in [3.8, 4) is 0 Å². The topological polar surface area (TPSA) is 46.9 Å². The van der Waals surface area contributed by atoms with Crippen molar-refractivity contribution in [1.82, 2.24) is 14.9 Å². The van der Waals surface area contributed by atoms with Crippen molar-refractivity contribution < 1.29 is 0 Å². The van der Waals surface area contributed by atoms with Crippen LogP contribution >= 0.6 is 11.3 Å². The summed E-state index contributed by atoms with van der Waals surface area (Å²) in [6, 6.07) is 10.9. The Kier molecular flexibility index (Phi) is 5.50. The summed E-state index contributed by atoms with van der Waals surface area (Å²) in [4.78, 5) is 19.9. The molecule has 0 saturated heterocycles. The molecule has 1 aliphatic rings. The van der Waals surface area contributed by atoms with Crippen molar-refractivity contribution in [2.24, 2.45) is 0 Å². The SMILES string of the molecule is C=CCNC1CCc2c(sc3ncn(CCCc4ccccc4)c(=O)c23)C1. The zero-order valence-electron chi connectivity index (χ0n) is 15.5. The van der Waals surface area contributed by atoms with Crippen molar-refractivity contribution in [1.29, 1.82) is 0 Å². The normalized spacial score (nSPS) is 16.4. The minimum absolute atomic E-state index is 0.128. The average Bonchev–Trinajstić information content (AvgIpc) is 3.07. The predicted molar refractivity (Wildman–Crippen MR) is 113 cm³/mol. The van der Waals surface area contributed by atoms with E-state index in [1.165, 1.54) is 16.0 Å². The quantitative estimate of drug-likeness (QED) is 0.637. The van der Waals surface area contributed by atoms with Crippen molar-refractivity contribution in [3.05, 3.63) is 75.7 Å². The highest BCUT2D eigenvalue weighted by atomic mass is 32.1. The molecule has 1 N–H and O–H groups in total. The average molecular weight is 380 g/mol. The maximum Gasteiger partial charge on any atom is 0.262 e. The molecule has 0 spiro atoms. The van der Waals surface area contributed by atoms with Crippen molar-refractivity contribution in [3.63, 3.8) is 0 Å². The number of benzene rings is 1. The van der Waals surface area contributed by atoms with Crippen molar-refractivity contribution in [2.45, 2.75) is 44.7 Å². The number of aromatic nitrogens is 2. The van der Waals surface area contributed by atoms with E-state index in [9.17, 15) is 4.79 Å². The van der Waals surface area contributed by atoms with E-state index in [-0.39, 0.29) is 5.56 Å². The number of rotatable bonds is 7. The van der Waals surface area contributed by atoms with Gasteiger partial charge in [-0.15, -0.1) is 17.9 Å². The molecule has 3 aromatic rings. The highest BCUT2D eigenvalue weighted by Gasteiger charge is 2.24. The van der Waals surface area contributed by atoms with Crippen LogP contribution in [0.3, 0.4) is 0 Å². The first-order chi connectivity index (χ1) is 13.3. The lowest BCUT2D eigenvalue weighted by molar-refractivity contribution is 0.485. The Morgan fingerprint density at radius 2 is 2.19 bits per heavy atom. The fourth-order valence-corrected chi connectivity index (χ4v) is 5.14. The Morgan fingerprint density at radius 1 is 1.33 bits per heavy atom. The molecule has 1 unspecified atom stereocenters. The number of fused-ring (bicyclic) bond motifs is 3. The second-order valence-electron chi connectivity index (χ2n) is 7.15. The highest BCUT2D eigenvalue weighted by molar-refractivity contribution is 7.18. The lowest BCUT2D eigenvalue weighted by Gasteiger charge is -2.22. The summed E-state index contributed by atoms with van der Waals surface area (Å²) in [5, 5.41) is 4.37. The fraction of sp³-hybridized carbons (Fsp3) is 0.364. The molecule has 4 rings (SSSR count). The molecule has 0 amide bonds. The standard InChI is InChI=1S/C22H25N3OS/c1-2-12-23-17-10-11-18-19(14-17)27-21-20(18)22(26)25(15-24-21)13-6-9-16-7-4-3-5-8-16/h2-5,7-8,15,17,23H,1,6,9-14H2. The second kappa shape index (κ2) is 8.19. The Hall–Kier alpha value is -2.24. The van der Waals surface area contributed by atoms with E-state index >= 15 is 0 Å². The molecule has 0 fully saturated rings. The van der Waals surface area contributed by atoms with Gasteiger partial charge in [0.25, 0.3) is 5.56 Å². The Balaban J connectivity index is 1.52. The number of nitrogens with zero attached hydrogens (tertiary/aromatic N) is 2. The number of hydrogen-bond donors (Lipinski definition) is 1. The van der Waals surface area contributed by atoms with Gasteiger partial charge in [-0.25, -0.2) is 4.98 Å². The zero-order chi connectivity index (χ0) is 18.6. The van der Waals surface area contributed by atoms with Crippen LogP contribution in [0.5, 0.6) is 0 Å². The van der Waals surface area contributed by atoms with Crippen LogP contribution in [-0.4, -0.2) is 22.1 Å². The minimum atomic E-state index is 0.128. The Morgan fingerprint density at radius 3 is 3.00 bits per heavy atom. The maximum absolute atomic E-state index is 13.1. The van der Waals surface area contributed by atoms with Crippen LogP contribution in [0.25, 0.3) is 10.2 Å². The monoisotopic (exact) mass is 379 g/mol. The van der Waals surface area contributed by atoms with Crippen LogP contribution in [0, 0.1) is 0 Å². The third kappa shape index (κ3) is 3.89. The van der Waals surface area contributed by atoms with E-state index in [0.29, 0.717) is 12.6 Å². The molecule has 2 heterocycles. The van der Waals surface area contributed by atoms with Crippen LogP contribution < -0.4 is 10.9 Å². The first-order valence-electron chi connectivity index (χ1n) is 9.64. The van der Waals surface area contributed by atoms with Crippen LogP contribution in [0.15, 0.2) is 54.1 Å². The van der Waals surface area contributed by atoms with Crippen molar-refractivity contribution >= 4 is 21.6 Å². The summed E-state index contributed by atoms with van der Waals surface area (Å²) in [7, 11) is 0. The molecule has 1 aliphatic carbocycles. The molecule has 0 aliphatic heterocycles. The molecule has 1 aromatic carbocycles. The van der Waals surface area contributed by atoms with Gasteiger partial charge < -0.3 is 5.32 Å². The van der Waals surface area contributed by atoms with E-state index in [1.54, 1.807) is 22.2 Å². The minimum Gasteiger partial charge on any atom is -0.310 e. The molecule has 5 heteroatoms. The third-order valence-electron chi connectivity index (χ3n) is 5.29. The van der Waals surface area contributed by atoms with E-state index in [0.717, 1.165) is 48.9 Å². The van der Waals surface area contributed by atoms with Gasteiger partial charge >= 0.3 is 0 Å². The molecule has 140 valence electrons. The Labute approximate surface area is 163 Å². The van der Waals surface area contributed by atoms with Gasteiger partial charge in [0.05, 0.1) is 11.7 Å². The van der Waals surface area contributed by atoms with Gasteiger partial charge in [-0.05, 0) is 43.2 Å². The first-order valence-corrected chi connectivity index (χ1v) is 10.5. The molecule has 0 radical (unpaired) electrons. The molecule has 4 nitrogen and oxygen atoms in total. The van der Waals surface area contributed by atoms with Gasteiger partial charge in [0.15, 0.2) is 0 Å². The predicted octanol–water partition coefficient (Wildman–Crippen LogP) is 3.72. The van der Waals surface area contributed by atoms with Gasteiger partial charge in [0, 0.05) is 24.0 Å². The van der Waals surface area contributed by atoms with Crippen molar-refractivity contribution in [2.75, 3.05) is 6.54 Å². The lowest BCUT2D eigenvalue weighted by atomic mass is 9.93. The van der Waals surface area contributed by atoms with Crippen LogP contribution in [0.1, 0.15) is 28.8 Å². The smallest absolute Gasteiger partial charge is 0.262 e. The molecule has 2 aromatic heterocycles. The number of hydrogen-bond acceptors (Lipinski definition) is 4. The molecule has 27 heavy (non-hydrogen) atoms. The third-order valence-corrected chi connectivity index (χ3v) is 6.46. The Bertz CT molecular complexity index is 990. The lowest BCUT2D eigenvalue weighted by Crippen LogP contribution is -2.34. The highest BCUT2D eigenvalue weighted by Crippen LogP contribution is 2.33. The number of thiophene rings is 1. The van der Waals surface area contributed by atoms with E-state index in [4.69, 9.17) is 0 Å². The summed E-state index contributed by atoms with van der Waals surface area (Å²) in [6.45, 7) is 5.32. The number of nitrogens with one attached hydrogen (secondary N) is 1. The van der Waals surface area contributed by atoms with Gasteiger partial charge in [0.1, 0.15) is 4.83 Å². The maximum atomic E-state index is 13.1. The summed E-state index contributed by atoms with van der Waals surface area (Å²) in [6.07, 6.45) is 8.55. The van der Waals surface area contributed by atoms with Gasteiger partial charge in [-0.1, -0.05) is 36.4 Å². The molecular formula is C22H25N3OS. The van der Waals surface area contributed by atoms with Gasteiger partial charge in [-0.3, -0.25) is 9.36 Å². The van der Waals surface area contributed by atoms with E-state index < -0.39 is 0 Å². The summed E-state index contributed by atoms with van der Waals surface area (Å²) < 4.78 is 1.79. The van der Waals surface area contributed by atoms with Crippen LogP contribution in [-0.2, 0) is 25.8 Å². The first kappa shape index (κ1) is 18.1. The zero-order valence-corrected chi connectivity index (χ0v) is 16.3. The summed E-state index contributed by atoms with van der Waals surface area (Å²) in [5.41, 5.74) is 2.68. The van der Waals surface area contributed by atoms with Gasteiger partial charge in [0.2, 0.25) is 0 Å². The second-order valence-corrected chi connectivity index (χ2v) is 8.24. The summed E-state index contributed by atoms with van der Waals surface area (Å²) >= 11 is 1.69. The molecular weight excluding hydrogens is 354 g/mol. The fourth-order valence-electron chi connectivity index (χ4n) is 3.88.